The van der Waals surface area contributed by atoms with Crippen LogP contribution >= 0.6 is 11.6 Å². The van der Waals surface area contributed by atoms with Gasteiger partial charge in [0.1, 0.15) is 5.75 Å². The van der Waals surface area contributed by atoms with Crippen molar-refractivity contribution in [3.05, 3.63) is 29.3 Å². The maximum absolute atomic E-state index is 12.4. The quantitative estimate of drug-likeness (QED) is 0.798. The summed E-state index contributed by atoms with van der Waals surface area (Å²) in [5.41, 5.74) is 0. The molecule has 1 heterocycles. The monoisotopic (exact) mass is 367 g/mol. The number of halogens is 1. The molecular formula is C18H26ClN3O3. The van der Waals surface area contributed by atoms with Crippen molar-refractivity contribution in [2.45, 2.75) is 19.8 Å². The van der Waals surface area contributed by atoms with E-state index in [0.29, 0.717) is 43.4 Å². The van der Waals surface area contributed by atoms with E-state index in [1.807, 2.05) is 24.0 Å². The molecular weight excluding hydrogens is 342 g/mol. The van der Waals surface area contributed by atoms with Gasteiger partial charge in [-0.15, -0.1) is 0 Å². The normalized spacial score (nSPS) is 15.5. The Hall–Kier alpha value is -1.79. The predicted octanol–water partition coefficient (Wildman–Crippen LogP) is 1.78. The van der Waals surface area contributed by atoms with Crippen LogP contribution in [0.15, 0.2) is 24.3 Å². The summed E-state index contributed by atoms with van der Waals surface area (Å²) in [6.45, 7) is 6.21. The average Bonchev–Trinajstić information content (AvgIpc) is 2.81. The third kappa shape index (κ3) is 6.92. The zero-order valence-electron chi connectivity index (χ0n) is 14.7. The fourth-order valence-electron chi connectivity index (χ4n) is 2.81. The molecule has 1 N–H and O–H groups in total. The molecule has 2 amide bonds. The van der Waals surface area contributed by atoms with E-state index >= 15 is 0 Å². The Balaban J connectivity index is 1.72. The molecule has 1 aliphatic rings. The van der Waals surface area contributed by atoms with Crippen molar-refractivity contribution < 1.29 is 14.3 Å². The number of carbonyl (C=O) groups excluding carboxylic acids is 2. The molecule has 0 aliphatic carbocycles. The maximum atomic E-state index is 12.4. The fraction of sp³-hybridized carbons (Fsp3) is 0.556. The number of ether oxygens (including phenoxy) is 1. The van der Waals surface area contributed by atoms with Gasteiger partial charge < -0.3 is 15.0 Å². The second-order valence-corrected chi connectivity index (χ2v) is 6.46. The molecule has 1 aliphatic heterocycles. The molecule has 1 aromatic rings. The number of hydrogen-bond acceptors (Lipinski definition) is 4. The Kier molecular flexibility index (Phi) is 8.01. The first-order valence-corrected chi connectivity index (χ1v) is 9.11. The zero-order chi connectivity index (χ0) is 18.1. The molecule has 25 heavy (non-hydrogen) atoms. The van der Waals surface area contributed by atoms with Gasteiger partial charge in [-0.1, -0.05) is 17.7 Å². The molecule has 0 radical (unpaired) electrons. The van der Waals surface area contributed by atoms with E-state index in [-0.39, 0.29) is 11.8 Å². The van der Waals surface area contributed by atoms with Gasteiger partial charge in [-0.3, -0.25) is 14.5 Å². The Morgan fingerprint density at radius 1 is 1.24 bits per heavy atom. The molecule has 0 saturated carbocycles. The topological polar surface area (TPSA) is 61.9 Å². The van der Waals surface area contributed by atoms with E-state index in [2.05, 4.69) is 10.2 Å². The zero-order valence-corrected chi connectivity index (χ0v) is 15.4. The second kappa shape index (κ2) is 10.3. The van der Waals surface area contributed by atoms with Crippen LogP contribution in [0.5, 0.6) is 5.75 Å². The van der Waals surface area contributed by atoms with Crippen LogP contribution in [0.1, 0.15) is 19.8 Å². The van der Waals surface area contributed by atoms with Gasteiger partial charge in [-0.25, -0.2) is 0 Å². The molecule has 138 valence electrons. The highest BCUT2D eigenvalue weighted by Gasteiger charge is 2.20. The highest BCUT2D eigenvalue weighted by molar-refractivity contribution is 6.30. The summed E-state index contributed by atoms with van der Waals surface area (Å²) in [6, 6.07) is 7.15. The summed E-state index contributed by atoms with van der Waals surface area (Å²) < 4.78 is 5.58. The number of likely N-dealkylation sites (N-methyl/N-ethyl adjacent to an activating group) is 1. The first-order chi connectivity index (χ1) is 12.1. The third-order valence-electron chi connectivity index (χ3n) is 4.06. The van der Waals surface area contributed by atoms with Crippen LogP contribution in [-0.2, 0) is 9.59 Å². The third-order valence-corrected chi connectivity index (χ3v) is 4.30. The number of nitrogens with zero attached hydrogens (tertiary/aromatic N) is 2. The molecule has 1 aromatic carbocycles. The summed E-state index contributed by atoms with van der Waals surface area (Å²) in [5, 5.41) is 3.42. The SMILES string of the molecule is CCNC(=O)CN1CCCN(C(=O)CCOc2cccc(Cl)c2)CC1. The molecule has 0 bridgehead atoms. The second-order valence-electron chi connectivity index (χ2n) is 6.02. The molecule has 0 spiro atoms. The van der Waals surface area contributed by atoms with Crippen LogP contribution in [0.4, 0.5) is 0 Å². The summed E-state index contributed by atoms with van der Waals surface area (Å²) in [7, 11) is 0. The fourth-order valence-corrected chi connectivity index (χ4v) is 2.99. The summed E-state index contributed by atoms with van der Waals surface area (Å²) in [5.74, 6) is 0.795. The molecule has 0 unspecified atom stereocenters. The lowest BCUT2D eigenvalue weighted by Crippen LogP contribution is -2.40. The number of carbonyl (C=O) groups is 2. The van der Waals surface area contributed by atoms with Crippen molar-refractivity contribution >= 4 is 23.4 Å². The number of amides is 2. The minimum Gasteiger partial charge on any atom is -0.493 e. The molecule has 0 atom stereocenters. The van der Waals surface area contributed by atoms with Crippen molar-refractivity contribution in [2.75, 3.05) is 45.9 Å². The first-order valence-electron chi connectivity index (χ1n) is 8.73. The largest absolute Gasteiger partial charge is 0.493 e. The lowest BCUT2D eigenvalue weighted by Gasteiger charge is -2.21. The van der Waals surface area contributed by atoms with Gasteiger partial charge in [-0.05, 0) is 31.5 Å². The Morgan fingerprint density at radius 2 is 2.08 bits per heavy atom. The minimum absolute atomic E-state index is 0.0391. The van der Waals surface area contributed by atoms with Gasteiger partial charge in [-0.2, -0.15) is 0 Å². The van der Waals surface area contributed by atoms with Gasteiger partial charge in [0.2, 0.25) is 11.8 Å². The highest BCUT2D eigenvalue weighted by Crippen LogP contribution is 2.17. The number of hydrogen-bond donors (Lipinski definition) is 1. The highest BCUT2D eigenvalue weighted by atomic mass is 35.5. The molecule has 2 rings (SSSR count). The van der Waals surface area contributed by atoms with Crippen molar-refractivity contribution in [3.8, 4) is 5.75 Å². The molecule has 6 nitrogen and oxygen atoms in total. The van der Waals surface area contributed by atoms with Gasteiger partial charge in [0, 0.05) is 37.7 Å². The number of nitrogens with one attached hydrogen (secondary N) is 1. The van der Waals surface area contributed by atoms with Crippen molar-refractivity contribution in [1.29, 1.82) is 0 Å². The summed E-state index contributed by atoms with van der Waals surface area (Å²) >= 11 is 5.91. The first kappa shape index (κ1) is 19.5. The number of benzene rings is 1. The molecule has 7 heteroatoms. The van der Waals surface area contributed by atoms with E-state index in [1.165, 1.54) is 0 Å². The van der Waals surface area contributed by atoms with Crippen molar-refractivity contribution in [3.63, 3.8) is 0 Å². The predicted molar refractivity (Wildman–Crippen MR) is 97.9 cm³/mol. The Morgan fingerprint density at radius 3 is 2.84 bits per heavy atom. The summed E-state index contributed by atoms with van der Waals surface area (Å²) in [4.78, 5) is 28.0. The number of rotatable bonds is 7. The van der Waals surface area contributed by atoms with Crippen LogP contribution in [0.2, 0.25) is 5.02 Å². The maximum Gasteiger partial charge on any atom is 0.234 e. The average molecular weight is 368 g/mol. The van der Waals surface area contributed by atoms with Gasteiger partial charge >= 0.3 is 0 Å². The Labute approximate surface area is 154 Å². The standard InChI is InChI=1S/C18H26ClN3O3/c1-2-20-17(23)14-21-8-4-9-22(11-10-21)18(24)7-12-25-16-6-3-5-15(19)13-16/h3,5-6,13H,2,4,7-12,14H2,1H3,(H,20,23). The lowest BCUT2D eigenvalue weighted by molar-refractivity contribution is -0.131. The van der Waals surface area contributed by atoms with Crippen molar-refractivity contribution in [2.24, 2.45) is 0 Å². The van der Waals surface area contributed by atoms with Gasteiger partial charge in [0.15, 0.2) is 0 Å². The van der Waals surface area contributed by atoms with Gasteiger partial charge in [0.25, 0.3) is 0 Å². The van der Waals surface area contributed by atoms with Gasteiger partial charge in [0.05, 0.1) is 19.6 Å². The van der Waals surface area contributed by atoms with E-state index in [1.54, 1.807) is 12.1 Å². The molecule has 0 aromatic heterocycles. The summed E-state index contributed by atoms with van der Waals surface area (Å²) in [6.07, 6.45) is 1.21. The van der Waals surface area contributed by atoms with Crippen LogP contribution in [0, 0.1) is 0 Å². The van der Waals surface area contributed by atoms with E-state index in [0.717, 1.165) is 26.1 Å². The molecule has 1 fully saturated rings. The minimum atomic E-state index is 0.0391. The van der Waals surface area contributed by atoms with E-state index in [4.69, 9.17) is 16.3 Å². The van der Waals surface area contributed by atoms with Crippen LogP contribution < -0.4 is 10.1 Å². The van der Waals surface area contributed by atoms with Crippen molar-refractivity contribution in [1.82, 2.24) is 15.1 Å². The van der Waals surface area contributed by atoms with Crippen LogP contribution in [0.25, 0.3) is 0 Å². The smallest absolute Gasteiger partial charge is 0.234 e. The Bertz CT molecular complexity index is 582. The van der Waals surface area contributed by atoms with Crippen LogP contribution in [0.3, 0.4) is 0 Å². The lowest BCUT2D eigenvalue weighted by atomic mass is 10.3. The van der Waals surface area contributed by atoms with E-state index < -0.39 is 0 Å². The van der Waals surface area contributed by atoms with Crippen LogP contribution in [-0.4, -0.2) is 67.5 Å². The molecule has 1 saturated heterocycles. The van der Waals surface area contributed by atoms with E-state index in [9.17, 15) is 9.59 Å².